The van der Waals surface area contributed by atoms with Gasteiger partial charge in [-0.1, -0.05) is 12.1 Å². The van der Waals surface area contributed by atoms with Crippen LogP contribution in [0.5, 0.6) is 0 Å². The summed E-state index contributed by atoms with van der Waals surface area (Å²) in [6.07, 6.45) is 1.78. The molecule has 0 radical (unpaired) electrons. The van der Waals surface area contributed by atoms with E-state index >= 15 is 0 Å². The Morgan fingerprint density at radius 1 is 1.21 bits per heavy atom. The van der Waals surface area contributed by atoms with Crippen molar-refractivity contribution in [2.24, 2.45) is 0 Å². The first-order valence-corrected chi connectivity index (χ1v) is 6.21. The molecule has 1 aromatic carbocycles. The number of benzene rings is 1. The topological polar surface area (TPSA) is 28.2 Å². The number of halogens is 1. The molecule has 0 saturated carbocycles. The van der Waals surface area contributed by atoms with Gasteiger partial charge in [-0.25, -0.2) is 9.37 Å². The van der Waals surface area contributed by atoms with E-state index in [1.54, 1.807) is 18.3 Å². The van der Waals surface area contributed by atoms with Crippen LogP contribution in [0.15, 0.2) is 42.6 Å². The van der Waals surface area contributed by atoms with E-state index in [0.29, 0.717) is 0 Å². The smallest absolute Gasteiger partial charge is 0.128 e. The molecule has 0 bridgehead atoms. The summed E-state index contributed by atoms with van der Waals surface area (Å²) in [5.74, 6) is 0.691. The van der Waals surface area contributed by atoms with Crippen molar-refractivity contribution in [3.63, 3.8) is 0 Å². The van der Waals surface area contributed by atoms with Gasteiger partial charge in [-0.05, 0) is 36.8 Å². The molecular formula is C15H18FN3. The summed E-state index contributed by atoms with van der Waals surface area (Å²) >= 11 is 0. The second-order valence-electron chi connectivity index (χ2n) is 4.72. The number of nitrogens with zero attached hydrogens (tertiary/aromatic N) is 2. The number of nitrogens with one attached hydrogen (secondary N) is 1. The zero-order valence-electron chi connectivity index (χ0n) is 11.4. The van der Waals surface area contributed by atoms with E-state index in [-0.39, 0.29) is 11.9 Å². The second-order valence-corrected chi connectivity index (χ2v) is 4.72. The first-order chi connectivity index (χ1) is 9.06. The first kappa shape index (κ1) is 13.3. The quantitative estimate of drug-likeness (QED) is 0.911. The van der Waals surface area contributed by atoms with Crippen molar-refractivity contribution in [1.82, 2.24) is 4.98 Å². The molecule has 1 N–H and O–H groups in total. The molecule has 2 rings (SSSR count). The number of anilines is 2. The van der Waals surface area contributed by atoms with Gasteiger partial charge >= 0.3 is 0 Å². The highest BCUT2D eigenvalue weighted by molar-refractivity contribution is 5.49. The highest BCUT2D eigenvalue weighted by Gasteiger charge is 2.06. The van der Waals surface area contributed by atoms with E-state index in [1.165, 1.54) is 6.07 Å². The molecule has 1 atom stereocenters. The normalized spacial score (nSPS) is 12.0. The predicted octanol–water partition coefficient (Wildman–Crippen LogP) is 3.46. The lowest BCUT2D eigenvalue weighted by Crippen LogP contribution is -2.11. The summed E-state index contributed by atoms with van der Waals surface area (Å²) in [4.78, 5) is 6.28. The third kappa shape index (κ3) is 3.44. The minimum absolute atomic E-state index is 0.0303. The van der Waals surface area contributed by atoms with Gasteiger partial charge < -0.3 is 10.2 Å². The Morgan fingerprint density at radius 2 is 2.00 bits per heavy atom. The van der Waals surface area contributed by atoms with Gasteiger partial charge in [0, 0.05) is 20.1 Å². The van der Waals surface area contributed by atoms with Crippen molar-refractivity contribution in [1.29, 1.82) is 0 Å². The van der Waals surface area contributed by atoms with Crippen molar-refractivity contribution in [3.05, 3.63) is 54.0 Å². The van der Waals surface area contributed by atoms with Crippen LogP contribution in [0.25, 0.3) is 0 Å². The van der Waals surface area contributed by atoms with Crippen molar-refractivity contribution in [2.75, 3.05) is 24.3 Å². The van der Waals surface area contributed by atoms with Crippen LogP contribution in [0.1, 0.15) is 18.5 Å². The van der Waals surface area contributed by atoms with Crippen molar-refractivity contribution in [3.8, 4) is 0 Å². The minimum Gasteiger partial charge on any atom is -0.377 e. The molecule has 4 heteroatoms. The fourth-order valence-electron chi connectivity index (χ4n) is 1.85. The highest BCUT2D eigenvalue weighted by Crippen LogP contribution is 2.20. The average Bonchev–Trinajstić information content (AvgIpc) is 2.39. The van der Waals surface area contributed by atoms with Crippen LogP contribution < -0.4 is 10.2 Å². The number of hydrogen-bond donors (Lipinski definition) is 1. The molecule has 1 unspecified atom stereocenters. The fraction of sp³-hybridized carbons (Fsp3) is 0.267. The molecule has 19 heavy (non-hydrogen) atoms. The highest BCUT2D eigenvalue weighted by atomic mass is 19.1. The predicted molar refractivity (Wildman–Crippen MR) is 77.0 cm³/mol. The molecule has 0 spiro atoms. The summed E-state index contributed by atoms with van der Waals surface area (Å²) in [5, 5.41) is 3.30. The molecule has 1 aromatic heterocycles. The molecule has 0 fully saturated rings. The van der Waals surface area contributed by atoms with Crippen LogP contribution in [0.2, 0.25) is 0 Å². The van der Waals surface area contributed by atoms with Gasteiger partial charge in [0.1, 0.15) is 11.6 Å². The molecular weight excluding hydrogens is 241 g/mol. The first-order valence-electron chi connectivity index (χ1n) is 6.21. The lowest BCUT2D eigenvalue weighted by molar-refractivity contribution is 0.623. The van der Waals surface area contributed by atoms with E-state index in [1.807, 2.05) is 44.1 Å². The number of aromatic nitrogens is 1. The maximum atomic E-state index is 13.2. The zero-order chi connectivity index (χ0) is 13.8. The zero-order valence-corrected chi connectivity index (χ0v) is 11.4. The number of hydrogen-bond acceptors (Lipinski definition) is 3. The van der Waals surface area contributed by atoms with Crippen LogP contribution in [0.4, 0.5) is 15.9 Å². The summed E-state index contributed by atoms with van der Waals surface area (Å²) in [6.45, 7) is 1.99. The maximum absolute atomic E-state index is 13.2. The summed E-state index contributed by atoms with van der Waals surface area (Å²) in [6, 6.07) is 10.6. The Morgan fingerprint density at radius 3 is 2.58 bits per heavy atom. The Hall–Kier alpha value is -2.10. The molecule has 0 aliphatic carbocycles. The maximum Gasteiger partial charge on any atom is 0.128 e. The molecule has 2 aromatic rings. The van der Waals surface area contributed by atoms with Crippen molar-refractivity contribution >= 4 is 11.5 Å². The van der Waals surface area contributed by atoms with Crippen LogP contribution in [0.3, 0.4) is 0 Å². The molecule has 0 amide bonds. The van der Waals surface area contributed by atoms with Gasteiger partial charge in [0.2, 0.25) is 0 Å². The van der Waals surface area contributed by atoms with Gasteiger partial charge in [0.25, 0.3) is 0 Å². The fourth-order valence-corrected chi connectivity index (χ4v) is 1.85. The molecule has 100 valence electrons. The SMILES string of the molecule is CC(Nc1ccc(N(C)C)nc1)c1cccc(F)c1. The molecule has 3 nitrogen and oxygen atoms in total. The summed E-state index contributed by atoms with van der Waals surface area (Å²) in [7, 11) is 3.90. The number of pyridine rings is 1. The Labute approximate surface area is 113 Å². The lowest BCUT2D eigenvalue weighted by Gasteiger charge is -2.17. The average molecular weight is 259 g/mol. The van der Waals surface area contributed by atoms with E-state index in [4.69, 9.17) is 0 Å². The van der Waals surface area contributed by atoms with E-state index in [9.17, 15) is 4.39 Å². The lowest BCUT2D eigenvalue weighted by atomic mass is 10.1. The van der Waals surface area contributed by atoms with Crippen LogP contribution in [-0.2, 0) is 0 Å². The Bertz CT molecular complexity index is 537. The minimum atomic E-state index is -0.216. The van der Waals surface area contributed by atoms with Gasteiger partial charge in [-0.3, -0.25) is 0 Å². The van der Waals surface area contributed by atoms with Crippen LogP contribution in [-0.4, -0.2) is 19.1 Å². The molecule has 1 heterocycles. The second kappa shape index (κ2) is 5.69. The molecule has 0 saturated heterocycles. The Kier molecular flexibility index (Phi) is 4.00. The van der Waals surface area contributed by atoms with Gasteiger partial charge in [-0.2, -0.15) is 0 Å². The largest absolute Gasteiger partial charge is 0.377 e. The third-order valence-electron chi connectivity index (χ3n) is 2.94. The summed E-state index contributed by atoms with van der Waals surface area (Å²) in [5.41, 5.74) is 1.83. The van der Waals surface area contributed by atoms with Crippen LogP contribution in [0, 0.1) is 5.82 Å². The van der Waals surface area contributed by atoms with Gasteiger partial charge in [0.05, 0.1) is 11.9 Å². The van der Waals surface area contributed by atoms with E-state index < -0.39 is 0 Å². The Balaban J connectivity index is 2.08. The molecule has 0 aliphatic rings. The molecule has 0 aliphatic heterocycles. The standard InChI is InChI=1S/C15H18FN3/c1-11(12-5-4-6-13(16)9-12)18-14-7-8-15(17-10-14)19(2)3/h4-11,18H,1-3H3. The van der Waals surface area contributed by atoms with Gasteiger partial charge in [-0.15, -0.1) is 0 Å². The van der Waals surface area contributed by atoms with Crippen molar-refractivity contribution in [2.45, 2.75) is 13.0 Å². The van der Waals surface area contributed by atoms with Crippen LogP contribution >= 0.6 is 0 Å². The van der Waals surface area contributed by atoms with Gasteiger partial charge in [0.15, 0.2) is 0 Å². The monoisotopic (exact) mass is 259 g/mol. The van der Waals surface area contributed by atoms with E-state index in [0.717, 1.165) is 17.1 Å². The third-order valence-corrected chi connectivity index (χ3v) is 2.94. The van der Waals surface area contributed by atoms with Crippen molar-refractivity contribution < 1.29 is 4.39 Å². The van der Waals surface area contributed by atoms with E-state index in [2.05, 4.69) is 10.3 Å². The number of rotatable bonds is 4. The summed E-state index contributed by atoms with van der Waals surface area (Å²) < 4.78 is 13.2.